The number of benzene rings is 1. The summed E-state index contributed by atoms with van der Waals surface area (Å²) in [7, 11) is 2.04. The second kappa shape index (κ2) is 9.05. The van der Waals surface area contributed by atoms with E-state index < -0.39 is 28.9 Å². The van der Waals surface area contributed by atoms with E-state index in [0.717, 1.165) is 25.9 Å². The van der Waals surface area contributed by atoms with Crippen LogP contribution in [0.15, 0.2) is 30.3 Å². The van der Waals surface area contributed by atoms with E-state index in [0.29, 0.717) is 18.0 Å². The van der Waals surface area contributed by atoms with Gasteiger partial charge >= 0.3 is 1.43 Å². The van der Waals surface area contributed by atoms with Gasteiger partial charge in [-0.25, -0.2) is 13.2 Å². The molecular weight excluding hydrogens is 383 g/mol. The molecule has 1 aliphatic rings. The molecule has 1 aromatic heterocycles. The van der Waals surface area contributed by atoms with Crippen LogP contribution in [-0.2, 0) is 0 Å². The van der Waals surface area contributed by atoms with E-state index >= 15 is 0 Å². The van der Waals surface area contributed by atoms with Crippen molar-refractivity contribution in [2.45, 2.75) is 18.9 Å². The average molecular weight is 402 g/mol. The van der Waals surface area contributed by atoms with E-state index in [1.54, 1.807) is 12.1 Å². The maximum absolute atomic E-state index is 13.7. The van der Waals surface area contributed by atoms with Crippen LogP contribution in [0.3, 0.4) is 0 Å². The Hall–Kier alpha value is -2.32. The van der Waals surface area contributed by atoms with E-state index in [9.17, 15) is 18.0 Å². The van der Waals surface area contributed by atoms with Gasteiger partial charge in [-0.15, -0.1) is 0 Å². The molecule has 0 aliphatic carbocycles. The van der Waals surface area contributed by atoms with Crippen molar-refractivity contribution in [3.63, 3.8) is 0 Å². The maximum atomic E-state index is 13.7. The van der Waals surface area contributed by atoms with Crippen molar-refractivity contribution in [3.8, 4) is 5.88 Å². The highest BCUT2D eigenvalue weighted by atomic mass is 35.5. The molecule has 146 valence electrons. The molecule has 27 heavy (non-hydrogen) atoms. The van der Waals surface area contributed by atoms with E-state index in [1.807, 2.05) is 7.05 Å². The molecule has 1 aliphatic heterocycles. The number of aromatic nitrogens is 1. The Balaban J connectivity index is 0.00000196. The Bertz CT molecular complexity index is 797. The van der Waals surface area contributed by atoms with Gasteiger partial charge in [0.1, 0.15) is 34.9 Å². The number of likely N-dealkylation sites (tertiary alicyclic amines) is 1. The van der Waals surface area contributed by atoms with Crippen molar-refractivity contribution in [3.05, 3.63) is 53.3 Å². The summed E-state index contributed by atoms with van der Waals surface area (Å²) < 4.78 is 46.2. The summed E-state index contributed by atoms with van der Waals surface area (Å²) >= 11 is 0. The minimum atomic E-state index is -1.28. The van der Waals surface area contributed by atoms with Gasteiger partial charge in [-0.2, -0.15) is 4.98 Å². The van der Waals surface area contributed by atoms with Crippen LogP contribution in [0.25, 0.3) is 0 Å². The number of carbonyl (C=O) groups is 1. The van der Waals surface area contributed by atoms with E-state index in [2.05, 4.69) is 15.2 Å². The zero-order valence-corrected chi connectivity index (χ0v) is 15.3. The molecule has 1 fully saturated rings. The van der Waals surface area contributed by atoms with Crippen LogP contribution in [-0.4, -0.2) is 42.0 Å². The van der Waals surface area contributed by atoms with E-state index in [1.165, 1.54) is 6.07 Å². The van der Waals surface area contributed by atoms with Gasteiger partial charge in [0, 0.05) is 31.3 Å². The first kappa shape index (κ1) is 21.0. The second-order valence-electron chi connectivity index (χ2n) is 6.18. The van der Waals surface area contributed by atoms with Crippen LogP contribution >= 0.6 is 0 Å². The van der Waals surface area contributed by atoms with Crippen LogP contribution < -0.4 is 22.5 Å². The summed E-state index contributed by atoms with van der Waals surface area (Å²) in [5.74, 6) is -4.30. The summed E-state index contributed by atoms with van der Waals surface area (Å²) in [6.45, 7) is 1.84. The Morgan fingerprint density at radius 1 is 1.22 bits per heavy atom. The van der Waals surface area contributed by atoms with Crippen LogP contribution in [0, 0.1) is 17.5 Å². The minimum absolute atomic E-state index is 0. The monoisotopic (exact) mass is 401 g/mol. The molecule has 2 heterocycles. The molecule has 0 saturated carbocycles. The quantitative estimate of drug-likeness (QED) is 0.803. The summed E-state index contributed by atoms with van der Waals surface area (Å²) in [6.07, 6.45) is 1.75. The molecule has 9 heteroatoms. The fraction of sp³-hybridized carbons (Fsp3) is 0.333. The number of halogens is 4. The van der Waals surface area contributed by atoms with E-state index in [4.69, 9.17) is 4.74 Å². The van der Waals surface area contributed by atoms with Crippen LogP contribution in [0.5, 0.6) is 5.88 Å². The van der Waals surface area contributed by atoms with Crippen LogP contribution in [0.4, 0.5) is 19.0 Å². The van der Waals surface area contributed by atoms with Gasteiger partial charge in [-0.3, -0.25) is 4.79 Å². The third kappa shape index (κ3) is 5.33. The Kier molecular flexibility index (Phi) is 7.04. The smallest absolute Gasteiger partial charge is 1.00 e. The predicted molar refractivity (Wildman–Crippen MR) is 90.8 cm³/mol. The maximum Gasteiger partial charge on any atom is 1.00 e. The number of rotatable bonds is 4. The first-order valence-corrected chi connectivity index (χ1v) is 8.20. The van der Waals surface area contributed by atoms with E-state index in [-0.39, 0.29) is 25.8 Å². The van der Waals surface area contributed by atoms with Gasteiger partial charge in [0.05, 0.1) is 0 Å². The normalized spacial score (nSPS) is 15.1. The lowest BCUT2D eigenvalue weighted by Gasteiger charge is -2.28. The SMILES string of the molecule is CN1CCC(Oc2cccc(NC(=O)c3c(F)cc(F)cc3F)n2)CC1.[Cl-].[H+]. The number of hydrogen-bond donors (Lipinski definition) is 1. The molecule has 0 spiro atoms. The largest absolute Gasteiger partial charge is 1.00 e. The molecule has 1 saturated heterocycles. The Morgan fingerprint density at radius 2 is 1.85 bits per heavy atom. The lowest BCUT2D eigenvalue weighted by atomic mass is 10.1. The third-order valence-electron chi connectivity index (χ3n) is 4.15. The Morgan fingerprint density at radius 3 is 2.48 bits per heavy atom. The highest BCUT2D eigenvalue weighted by molar-refractivity contribution is 6.04. The number of pyridine rings is 1. The number of nitrogens with zero attached hydrogens (tertiary/aromatic N) is 2. The highest BCUT2D eigenvalue weighted by Crippen LogP contribution is 2.20. The second-order valence-corrected chi connectivity index (χ2v) is 6.18. The zero-order valence-electron chi connectivity index (χ0n) is 15.5. The molecule has 5 nitrogen and oxygen atoms in total. The number of carbonyl (C=O) groups excluding carboxylic acids is 1. The molecule has 1 aromatic carbocycles. The van der Waals surface area contributed by atoms with Gasteiger partial charge in [0.2, 0.25) is 5.88 Å². The standard InChI is InChI=1S/C18H18F3N3O2.ClH/c1-24-7-5-12(6-8-24)26-16-4-2-3-15(22-16)23-18(25)17-13(20)9-11(19)10-14(17)21;/h2-4,9-10,12H,5-8H2,1H3,(H,22,23,25);1H. The number of anilines is 1. The van der Waals surface area contributed by atoms with Crippen molar-refractivity contribution in [2.75, 3.05) is 25.5 Å². The Labute approximate surface area is 162 Å². The van der Waals surface area contributed by atoms with Gasteiger partial charge in [0.15, 0.2) is 0 Å². The topological polar surface area (TPSA) is 54.5 Å². The van der Waals surface area contributed by atoms with Crippen LogP contribution in [0.2, 0.25) is 0 Å². The number of piperidine rings is 1. The summed E-state index contributed by atoms with van der Waals surface area (Å²) in [6, 6.07) is 5.63. The zero-order chi connectivity index (χ0) is 18.7. The molecule has 0 unspecified atom stereocenters. The lowest BCUT2D eigenvalue weighted by molar-refractivity contribution is -0.0000172. The summed E-state index contributed by atoms with van der Waals surface area (Å²) in [5.41, 5.74) is -0.866. The number of amides is 1. The highest BCUT2D eigenvalue weighted by Gasteiger charge is 2.21. The molecule has 0 bridgehead atoms. The molecule has 2 aromatic rings. The molecule has 0 atom stereocenters. The van der Waals surface area contributed by atoms with Crippen molar-refractivity contribution in [1.82, 2.24) is 9.88 Å². The van der Waals surface area contributed by atoms with Gasteiger partial charge < -0.3 is 27.4 Å². The van der Waals surface area contributed by atoms with Gasteiger partial charge in [-0.05, 0) is 26.0 Å². The van der Waals surface area contributed by atoms with Gasteiger partial charge in [0.25, 0.3) is 5.91 Å². The van der Waals surface area contributed by atoms with Crippen molar-refractivity contribution >= 4 is 11.7 Å². The number of nitrogens with one attached hydrogen (secondary N) is 1. The fourth-order valence-electron chi connectivity index (χ4n) is 2.76. The lowest BCUT2D eigenvalue weighted by Crippen LogP contribution is -3.00. The van der Waals surface area contributed by atoms with Gasteiger partial charge in [-0.1, -0.05) is 6.07 Å². The molecule has 1 amide bonds. The predicted octanol–water partition coefficient (Wildman–Crippen LogP) is 0.341. The first-order chi connectivity index (χ1) is 12.4. The van der Waals surface area contributed by atoms with Crippen molar-refractivity contribution in [1.29, 1.82) is 0 Å². The summed E-state index contributed by atoms with van der Waals surface area (Å²) in [4.78, 5) is 18.5. The van der Waals surface area contributed by atoms with Crippen molar-refractivity contribution < 1.29 is 36.5 Å². The molecule has 1 N–H and O–H groups in total. The first-order valence-electron chi connectivity index (χ1n) is 8.20. The van der Waals surface area contributed by atoms with Crippen molar-refractivity contribution in [2.24, 2.45) is 0 Å². The molecule has 0 radical (unpaired) electrons. The fourth-order valence-corrected chi connectivity index (χ4v) is 2.76. The minimum Gasteiger partial charge on any atom is -1.00 e. The van der Waals surface area contributed by atoms with Crippen LogP contribution in [0.1, 0.15) is 24.6 Å². The molecule has 3 rings (SSSR count). The third-order valence-corrected chi connectivity index (χ3v) is 4.15. The average Bonchev–Trinajstić information content (AvgIpc) is 2.56. The number of hydrogen-bond acceptors (Lipinski definition) is 4. The summed E-state index contributed by atoms with van der Waals surface area (Å²) in [5, 5.41) is 2.30. The number of ether oxygens (including phenoxy) is 1. The molecular formula is C18H19ClF3N3O2.